The van der Waals surface area contributed by atoms with Crippen LogP contribution in [-0.2, 0) is 4.79 Å². The van der Waals surface area contributed by atoms with Crippen molar-refractivity contribution >= 4 is 11.6 Å². The van der Waals surface area contributed by atoms with Gasteiger partial charge in [-0.05, 0) is 49.2 Å². The van der Waals surface area contributed by atoms with Crippen molar-refractivity contribution in [3.8, 4) is 17.2 Å². The number of hydrogen-bond donors (Lipinski definition) is 1. The molecular weight excluding hydrogens is 344 g/mol. The summed E-state index contributed by atoms with van der Waals surface area (Å²) in [5.74, 6) is 2.05. The third kappa shape index (κ3) is 4.52. The molecule has 144 valence electrons. The van der Waals surface area contributed by atoms with E-state index in [9.17, 15) is 4.79 Å². The van der Waals surface area contributed by atoms with Crippen LogP contribution >= 0.6 is 0 Å². The zero-order valence-electron chi connectivity index (χ0n) is 16.0. The minimum absolute atomic E-state index is 0.0676. The fraction of sp³-hybridized carbons (Fsp3) is 0.381. The van der Waals surface area contributed by atoms with Crippen molar-refractivity contribution in [2.75, 3.05) is 39.7 Å². The van der Waals surface area contributed by atoms with E-state index >= 15 is 0 Å². The van der Waals surface area contributed by atoms with Gasteiger partial charge in [-0.2, -0.15) is 0 Å². The number of likely N-dealkylation sites (tertiary alicyclic amines) is 1. The Bertz CT molecular complexity index is 776. The number of amides is 1. The number of carbonyl (C=O) groups excluding carboxylic acids is 1. The number of ether oxygens (including phenoxy) is 3. The van der Waals surface area contributed by atoms with Crippen LogP contribution in [0.25, 0.3) is 0 Å². The topological polar surface area (TPSA) is 60.0 Å². The van der Waals surface area contributed by atoms with Crippen LogP contribution in [0.3, 0.4) is 0 Å². The summed E-state index contributed by atoms with van der Waals surface area (Å²) in [4.78, 5) is 14.9. The van der Waals surface area contributed by atoms with Crippen LogP contribution in [0.4, 0.5) is 5.69 Å². The Kier molecular flexibility index (Phi) is 6.19. The highest BCUT2D eigenvalue weighted by Crippen LogP contribution is 2.33. The Hall–Kier alpha value is -2.73. The minimum Gasteiger partial charge on any atom is -0.497 e. The first-order valence-corrected chi connectivity index (χ1v) is 9.04. The number of anilines is 1. The van der Waals surface area contributed by atoms with E-state index in [1.54, 1.807) is 39.5 Å². The van der Waals surface area contributed by atoms with Gasteiger partial charge in [0.1, 0.15) is 17.2 Å². The SMILES string of the molecule is COc1ccc([C@@H]2CCCN2CC(=O)Nc2cc(OC)ccc2OC)cc1. The number of benzene rings is 2. The van der Waals surface area contributed by atoms with E-state index in [4.69, 9.17) is 14.2 Å². The van der Waals surface area contributed by atoms with E-state index in [1.165, 1.54) is 5.56 Å². The summed E-state index contributed by atoms with van der Waals surface area (Å²) in [6, 6.07) is 13.7. The molecule has 0 saturated carbocycles. The molecule has 1 fully saturated rings. The molecule has 1 amide bonds. The lowest BCUT2D eigenvalue weighted by Gasteiger charge is -2.24. The summed E-state index contributed by atoms with van der Waals surface area (Å²) >= 11 is 0. The zero-order chi connectivity index (χ0) is 19.2. The molecule has 1 saturated heterocycles. The number of hydrogen-bond acceptors (Lipinski definition) is 5. The van der Waals surface area contributed by atoms with Gasteiger partial charge >= 0.3 is 0 Å². The maximum atomic E-state index is 12.6. The number of rotatable bonds is 7. The molecule has 27 heavy (non-hydrogen) atoms. The van der Waals surface area contributed by atoms with Gasteiger partial charge in [0.2, 0.25) is 5.91 Å². The second kappa shape index (κ2) is 8.77. The predicted octanol–water partition coefficient (Wildman–Crippen LogP) is 3.49. The van der Waals surface area contributed by atoms with Gasteiger partial charge in [0.15, 0.2) is 0 Å². The van der Waals surface area contributed by atoms with Crippen LogP contribution < -0.4 is 19.5 Å². The molecule has 3 rings (SSSR count). The van der Waals surface area contributed by atoms with Gasteiger partial charge in [-0.3, -0.25) is 9.69 Å². The van der Waals surface area contributed by atoms with Crippen LogP contribution in [0.2, 0.25) is 0 Å². The standard InChI is InChI=1S/C21H26N2O4/c1-25-16-8-6-15(7-9-16)19-5-4-12-23(19)14-21(24)22-18-13-17(26-2)10-11-20(18)27-3/h6-11,13,19H,4-5,12,14H2,1-3H3,(H,22,24)/t19-/m0/s1. The molecule has 0 spiro atoms. The summed E-state index contributed by atoms with van der Waals surface area (Å²) in [7, 11) is 4.84. The highest BCUT2D eigenvalue weighted by atomic mass is 16.5. The lowest BCUT2D eigenvalue weighted by Crippen LogP contribution is -2.33. The van der Waals surface area contributed by atoms with Gasteiger partial charge in [-0.1, -0.05) is 12.1 Å². The zero-order valence-corrected chi connectivity index (χ0v) is 16.0. The van der Waals surface area contributed by atoms with Crippen molar-refractivity contribution in [2.24, 2.45) is 0 Å². The Balaban J connectivity index is 1.67. The molecular formula is C21H26N2O4. The number of methoxy groups -OCH3 is 3. The van der Waals surface area contributed by atoms with Crippen molar-refractivity contribution in [3.05, 3.63) is 48.0 Å². The van der Waals surface area contributed by atoms with Crippen molar-refractivity contribution in [3.63, 3.8) is 0 Å². The Morgan fingerprint density at radius 3 is 2.41 bits per heavy atom. The predicted molar refractivity (Wildman–Crippen MR) is 105 cm³/mol. The van der Waals surface area contributed by atoms with E-state index in [1.807, 2.05) is 12.1 Å². The molecule has 2 aromatic rings. The quantitative estimate of drug-likeness (QED) is 0.808. The summed E-state index contributed by atoms with van der Waals surface area (Å²) in [5.41, 5.74) is 1.82. The summed E-state index contributed by atoms with van der Waals surface area (Å²) in [6.45, 7) is 1.23. The fourth-order valence-electron chi connectivity index (χ4n) is 3.50. The first kappa shape index (κ1) is 19.0. The van der Waals surface area contributed by atoms with Crippen LogP contribution in [0.15, 0.2) is 42.5 Å². The Labute approximate surface area is 160 Å². The molecule has 1 N–H and O–H groups in total. The number of nitrogens with zero attached hydrogens (tertiary/aromatic N) is 1. The normalized spacial score (nSPS) is 16.8. The fourth-order valence-corrected chi connectivity index (χ4v) is 3.50. The molecule has 6 nitrogen and oxygen atoms in total. The van der Waals surface area contributed by atoms with Gasteiger partial charge in [0.25, 0.3) is 0 Å². The van der Waals surface area contributed by atoms with E-state index in [-0.39, 0.29) is 11.9 Å². The van der Waals surface area contributed by atoms with Gasteiger partial charge in [-0.25, -0.2) is 0 Å². The van der Waals surface area contributed by atoms with E-state index in [2.05, 4.69) is 22.3 Å². The van der Waals surface area contributed by atoms with E-state index < -0.39 is 0 Å². The molecule has 2 aromatic carbocycles. The van der Waals surface area contributed by atoms with Gasteiger partial charge < -0.3 is 19.5 Å². The molecule has 0 bridgehead atoms. The van der Waals surface area contributed by atoms with Crippen molar-refractivity contribution < 1.29 is 19.0 Å². The Morgan fingerprint density at radius 1 is 1.04 bits per heavy atom. The first-order chi connectivity index (χ1) is 13.1. The van der Waals surface area contributed by atoms with Crippen LogP contribution in [-0.4, -0.2) is 45.2 Å². The lowest BCUT2D eigenvalue weighted by atomic mass is 10.0. The number of carbonyl (C=O) groups is 1. The molecule has 1 aliphatic rings. The van der Waals surface area contributed by atoms with Crippen LogP contribution in [0.5, 0.6) is 17.2 Å². The summed E-state index contributed by atoms with van der Waals surface area (Å²) in [5, 5.41) is 2.95. The molecule has 0 radical (unpaired) electrons. The second-order valence-corrected chi connectivity index (χ2v) is 6.52. The molecule has 1 atom stereocenters. The molecule has 1 heterocycles. The van der Waals surface area contributed by atoms with E-state index in [0.29, 0.717) is 23.7 Å². The first-order valence-electron chi connectivity index (χ1n) is 9.04. The molecule has 0 aliphatic carbocycles. The van der Waals surface area contributed by atoms with E-state index in [0.717, 1.165) is 25.1 Å². The smallest absolute Gasteiger partial charge is 0.238 e. The summed E-state index contributed by atoms with van der Waals surface area (Å²) in [6.07, 6.45) is 2.12. The van der Waals surface area contributed by atoms with Gasteiger partial charge in [0, 0.05) is 12.1 Å². The minimum atomic E-state index is -0.0676. The average Bonchev–Trinajstić information content (AvgIpc) is 3.15. The van der Waals surface area contributed by atoms with Crippen LogP contribution in [0, 0.1) is 0 Å². The molecule has 6 heteroatoms. The van der Waals surface area contributed by atoms with Crippen molar-refractivity contribution in [1.82, 2.24) is 4.90 Å². The Morgan fingerprint density at radius 2 is 1.74 bits per heavy atom. The monoisotopic (exact) mass is 370 g/mol. The molecule has 0 aromatic heterocycles. The highest BCUT2D eigenvalue weighted by Gasteiger charge is 2.27. The lowest BCUT2D eigenvalue weighted by molar-refractivity contribution is -0.117. The third-order valence-electron chi connectivity index (χ3n) is 4.89. The largest absolute Gasteiger partial charge is 0.497 e. The third-order valence-corrected chi connectivity index (χ3v) is 4.89. The van der Waals surface area contributed by atoms with Crippen molar-refractivity contribution in [1.29, 1.82) is 0 Å². The van der Waals surface area contributed by atoms with Crippen LogP contribution in [0.1, 0.15) is 24.4 Å². The average molecular weight is 370 g/mol. The highest BCUT2D eigenvalue weighted by molar-refractivity contribution is 5.94. The second-order valence-electron chi connectivity index (χ2n) is 6.52. The van der Waals surface area contributed by atoms with Gasteiger partial charge in [-0.15, -0.1) is 0 Å². The molecule has 1 aliphatic heterocycles. The molecule has 0 unspecified atom stereocenters. The summed E-state index contributed by atoms with van der Waals surface area (Å²) < 4.78 is 15.8. The maximum absolute atomic E-state index is 12.6. The van der Waals surface area contributed by atoms with Crippen molar-refractivity contribution in [2.45, 2.75) is 18.9 Å². The maximum Gasteiger partial charge on any atom is 0.238 e. The number of nitrogens with one attached hydrogen (secondary N) is 1. The van der Waals surface area contributed by atoms with Gasteiger partial charge in [0.05, 0.1) is 33.6 Å².